The molecule has 0 saturated carbocycles. The van der Waals surface area contributed by atoms with Crippen molar-refractivity contribution in [3.05, 3.63) is 34.6 Å². The van der Waals surface area contributed by atoms with E-state index < -0.39 is 0 Å². The average Bonchev–Trinajstić information content (AvgIpc) is 2.56. The summed E-state index contributed by atoms with van der Waals surface area (Å²) in [5, 5.41) is 0.172. The van der Waals surface area contributed by atoms with Gasteiger partial charge in [-0.3, -0.25) is 4.90 Å². The maximum atomic E-state index is 13.3. The van der Waals surface area contributed by atoms with Crippen molar-refractivity contribution in [2.45, 2.75) is 31.1 Å². The molecule has 20 heavy (non-hydrogen) atoms. The van der Waals surface area contributed by atoms with Crippen LogP contribution >= 0.6 is 23.4 Å². The third kappa shape index (κ3) is 3.88. The Bertz CT molecular complexity index is 467. The number of thioether (sulfide) groups is 1. The normalized spacial score (nSPS) is 21.4. The molecular weight excluding hydrogens is 295 g/mol. The van der Waals surface area contributed by atoms with E-state index >= 15 is 0 Å². The summed E-state index contributed by atoms with van der Waals surface area (Å²) in [5.74, 6) is 0.719. The lowest BCUT2D eigenvalue weighted by Gasteiger charge is -2.30. The molecule has 0 aliphatic carbocycles. The second-order valence-corrected chi connectivity index (χ2v) is 8.03. The average molecular weight is 317 g/mol. The summed E-state index contributed by atoms with van der Waals surface area (Å²) in [7, 11) is 0. The first-order valence-corrected chi connectivity index (χ1v) is 8.32. The highest BCUT2D eigenvalue weighted by molar-refractivity contribution is 8.00. The number of benzene rings is 1. The highest BCUT2D eigenvalue weighted by Gasteiger charge is 2.27. The fourth-order valence-electron chi connectivity index (χ4n) is 2.56. The SMILES string of the molecule is CC1(C)CCN(C(CN)c2ccc(F)c(Cl)c2)CCS1. The summed E-state index contributed by atoms with van der Waals surface area (Å²) >= 11 is 7.90. The van der Waals surface area contributed by atoms with Crippen molar-refractivity contribution in [3.8, 4) is 0 Å². The topological polar surface area (TPSA) is 29.3 Å². The first kappa shape index (κ1) is 16.1. The monoisotopic (exact) mass is 316 g/mol. The van der Waals surface area contributed by atoms with Crippen LogP contribution in [0.1, 0.15) is 31.9 Å². The minimum absolute atomic E-state index is 0.114. The maximum absolute atomic E-state index is 13.3. The molecule has 1 aromatic carbocycles. The molecule has 1 aliphatic heterocycles. The van der Waals surface area contributed by atoms with Gasteiger partial charge in [0.15, 0.2) is 0 Å². The van der Waals surface area contributed by atoms with Crippen molar-refractivity contribution < 1.29 is 4.39 Å². The molecule has 1 aliphatic rings. The van der Waals surface area contributed by atoms with E-state index in [-0.39, 0.29) is 16.9 Å². The number of nitrogens with two attached hydrogens (primary N) is 1. The zero-order chi connectivity index (χ0) is 14.8. The standard InChI is InChI=1S/C15H22ClFN2S/c1-15(2)5-6-19(7-8-20-15)14(10-18)11-3-4-13(17)12(16)9-11/h3-4,9,14H,5-8,10,18H2,1-2H3. The van der Waals surface area contributed by atoms with Crippen LogP contribution in [0.5, 0.6) is 0 Å². The van der Waals surface area contributed by atoms with Crippen LogP contribution in [0.25, 0.3) is 0 Å². The van der Waals surface area contributed by atoms with E-state index in [2.05, 4.69) is 18.7 Å². The lowest BCUT2D eigenvalue weighted by Crippen LogP contribution is -2.36. The summed E-state index contributed by atoms with van der Waals surface area (Å²) in [5.41, 5.74) is 6.96. The van der Waals surface area contributed by atoms with Crippen molar-refractivity contribution in [2.24, 2.45) is 5.73 Å². The van der Waals surface area contributed by atoms with Crippen LogP contribution in [-0.4, -0.2) is 35.0 Å². The summed E-state index contributed by atoms with van der Waals surface area (Å²) in [6, 6.07) is 5.04. The molecule has 1 unspecified atom stereocenters. The van der Waals surface area contributed by atoms with E-state index in [1.54, 1.807) is 12.1 Å². The van der Waals surface area contributed by atoms with Crippen molar-refractivity contribution in [1.29, 1.82) is 0 Å². The van der Waals surface area contributed by atoms with Gasteiger partial charge in [-0.15, -0.1) is 0 Å². The summed E-state index contributed by atoms with van der Waals surface area (Å²) in [4.78, 5) is 2.39. The van der Waals surface area contributed by atoms with Gasteiger partial charge in [0.1, 0.15) is 5.82 Å². The van der Waals surface area contributed by atoms with Gasteiger partial charge < -0.3 is 5.73 Å². The molecule has 1 aromatic rings. The first-order chi connectivity index (χ1) is 9.43. The quantitative estimate of drug-likeness (QED) is 0.922. The van der Waals surface area contributed by atoms with E-state index in [1.165, 1.54) is 6.07 Å². The van der Waals surface area contributed by atoms with Gasteiger partial charge in [-0.25, -0.2) is 4.39 Å². The minimum atomic E-state index is -0.376. The van der Waals surface area contributed by atoms with Crippen LogP contribution in [0.4, 0.5) is 4.39 Å². The molecule has 0 bridgehead atoms. The zero-order valence-corrected chi connectivity index (χ0v) is 13.6. The third-order valence-corrected chi connectivity index (χ3v) is 5.53. The molecule has 2 nitrogen and oxygen atoms in total. The highest BCUT2D eigenvalue weighted by Crippen LogP contribution is 2.33. The van der Waals surface area contributed by atoms with Gasteiger partial charge in [0.25, 0.3) is 0 Å². The van der Waals surface area contributed by atoms with Crippen LogP contribution in [-0.2, 0) is 0 Å². The summed E-state index contributed by atoms with van der Waals surface area (Å²) < 4.78 is 13.6. The Labute approximate surface area is 129 Å². The molecule has 0 amide bonds. The predicted octanol–water partition coefficient (Wildman–Crippen LogP) is 3.70. The number of hydrogen-bond acceptors (Lipinski definition) is 3. The largest absolute Gasteiger partial charge is 0.329 e. The minimum Gasteiger partial charge on any atom is -0.329 e. The highest BCUT2D eigenvalue weighted by atomic mass is 35.5. The molecule has 2 N–H and O–H groups in total. The number of rotatable bonds is 3. The van der Waals surface area contributed by atoms with Gasteiger partial charge in [0.05, 0.1) is 5.02 Å². The van der Waals surface area contributed by atoms with Gasteiger partial charge >= 0.3 is 0 Å². The maximum Gasteiger partial charge on any atom is 0.141 e. The smallest absolute Gasteiger partial charge is 0.141 e. The van der Waals surface area contributed by atoms with Crippen LogP contribution in [0.15, 0.2) is 18.2 Å². The summed E-state index contributed by atoms with van der Waals surface area (Å²) in [6.07, 6.45) is 1.13. The second kappa shape index (κ2) is 6.65. The van der Waals surface area contributed by atoms with Crippen LogP contribution in [0.2, 0.25) is 5.02 Å². The van der Waals surface area contributed by atoms with Crippen molar-refractivity contribution in [3.63, 3.8) is 0 Å². The predicted molar refractivity (Wildman–Crippen MR) is 85.9 cm³/mol. The van der Waals surface area contributed by atoms with Crippen LogP contribution in [0, 0.1) is 5.82 Å². The number of nitrogens with zero attached hydrogens (tertiary/aromatic N) is 1. The fraction of sp³-hybridized carbons (Fsp3) is 0.600. The Balaban J connectivity index is 2.17. The van der Waals surface area contributed by atoms with Gasteiger partial charge in [0.2, 0.25) is 0 Å². The molecule has 5 heteroatoms. The number of halogens is 2. The van der Waals surface area contributed by atoms with Gasteiger partial charge in [-0.05, 0) is 24.1 Å². The Morgan fingerprint density at radius 3 is 2.85 bits per heavy atom. The van der Waals surface area contributed by atoms with Gasteiger partial charge in [0, 0.05) is 36.2 Å². The lowest BCUT2D eigenvalue weighted by molar-refractivity contribution is 0.211. The second-order valence-electron chi connectivity index (χ2n) is 5.82. The van der Waals surface area contributed by atoms with Crippen LogP contribution in [0.3, 0.4) is 0 Å². The Morgan fingerprint density at radius 1 is 1.45 bits per heavy atom. The Hall–Kier alpha value is -0.290. The molecule has 0 radical (unpaired) electrons. The van der Waals surface area contributed by atoms with Crippen molar-refractivity contribution in [2.75, 3.05) is 25.4 Å². The Kier molecular flexibility index (Phi) is 5.35. The van der Waals surface area contributed by atoms with E-state index in [9.17, 15) is 4.39 Å². The van der Waals surface area contributed by atoms with Gasteiger partial charge in [-0.2, -0.15) is 11.8 Å². The van der Waals surface area contributed by atoms with Gasteiger partial charge in [-0.1, -0.05) is 31.5 Å². The number of hydrogen-bond donors (Lipinski definition) is 1. The molecule has 0 spiro atoms. The molecule has 112 valence electrons. The third-order valence-electron chi connectivity index (χ3n) is 3.86. The van der Waals surface area contributed by atoms with Crippen molar-refractivity contribution in [1.82, 2.24) is 4.90 Å². The lowest BCUT2D eigenvalue weighted by atomic mass is 10.0. The van der Waals surface area contributed by atoms with Crippen molar-refractivity contribution >= 4 is 23.4 Å². The first-order valence-electron chi connectivity index (χ1n) is 6.96. The molecule has 0 aromatic heterocycles. The molecular formula is C15H22ClFN2S. The summed E-state index contributed by atoms with van der Waals surface area (Å²) in [6.45, 7) is 7.11. The molecule has 1 saturated heterocycles. The van der Waals surface area contributed by atoms with E-state index in [4.69, 9.17) is 17.3 Å². The molecule has 1 atom stereocenters. The van der Waals surface area contributed by atoms with E-state index in [0.29, 0.717) is 11.3 Å². The van der Waals surface area contributed by atoms with E-state index in [1.807, 2.05) is 11.8 Å². The van der Waals surface area contributed by atoms with E-state index in [0.717, 1.165) is 30.8 Å². The zero-order valence-electron chi connectivity index (χ0n) is 12.0. The Morgan fingerprint density at radius 2 is 2.20 bits per heavy atom. The molecule has 1 heterocycles. The molecule has 1 fully saturated rings. The van der Waals surface area contributed by atoms with Crippen LogP contribution < -0.4 is 5.73 Å². The molecule has 2 rings (SSSR count). The fourth-order valence-corrected chi connectivity index (χ4v) is 3.87.